The molecule has 20 heavy (non-hydrogen) atoms. The van der Waals surface area contributed by atoms with E-state index < -0.39 is 10.7 Å². The molecule has 0 aliphatic carbocycles. The Morgan fingerprint density at radius 1 is 1.00 bits per heavy atom. The standard InChI is InChI=1S/C15H24N2O2S/c1-15(2,3)13-4-6-14(7-5-13)17-10-8-16(9-11-17)12-20(18)19/h4-7,20H,8-12H2,1-3H3. The van der Waals surface area contributed by atoms with E-state index in [0.717, 1.165) is 26.2 Å². The molecule has 1 saturated heterocycles. The molecule has 4 nitrogen and oxygen atoms in total. The number of anilines is 1. The van der Waals surface area contributed by atoms with Crippen molar-refractivity contribution in [2.45, 2.75) is 26.2 Å². The normalized spacial score (nSPS) is 17.7. The van der Waals surface area contributed by atoms with Gasteiger partial charge in [-0.1, -0.05) is 32.9 Å². The van der Waals surface area contributed by atoms with Crippen LogP contribution in [-0.2, 0) is 16.1 Å². The first kappa shape index (κ1) is 15.3. The molecule has 1 aliphatic heterocycles. The van der Waals surface area contributed by atoms with E-state index in [0.29, 0.717) is 0 Å². The smallest absolute Gasteiger partial charge is 0.153 e. The largest absolute Gasteiger partial charge is 0.369 e. The molecule has 0 saturated carbocycles. The van der Waals surface area contributed by atoms with Crippen LogP contribution in [-0.4, -0.2) is 45.4 Å². The van der Waals surface area contributed by atoms with Crippen LogP contribution in [0.15, 0.2) is 24.3 Å². The van der Waals surface area contributed by atoms with Crippen molar-refractivity contribution >= 4 is 16.4 Å². The van der Waals surface area contributed by atoms with Crippen LogP contribution < -0.4 is 4.90 Å². The Bertz CT molecular complexity index is 502. The Morgan fingerprint density at radius 2 is 1.55 bits per heavy atom. The van der Waals surface area contributed by atoms with Crippen LogP contribution in [0.4, 0.5) is 5.69 Å². The molecule has 0 N–H and O–H groups in total. The fourth-order valence-electron chi connectivity index (χ4n) is 2.48. The molecule has 1 heterocycles. The van der Waals surface area contributed by atoms with E-state index in [4.69, 9.17) is 0 Å². The maximum Gasteiger partial charge on any atom is 0.153 e. The SMILES string of the molecule is CC(C)(C)c1ccc(N2CCN(C[SH](=O)=O)CC2)cc1. The summed E-state index contributed by atoms with van der Waals surface area (Å²) in [7, 11) is -2.30. The summed E-state index contributed by atoms with van der Waals surface area (Å²) in [6, 6.07) is 8.72. The summed E-state index contributed by atoms with van der Waals surface area (Å²) >= 11 is 0. The zero-order valence-electron chi connectivity index (χ0n) is 12.5. The van der Waals surface area contributed by atoms with E-state index in [1.807, 2.05) is 4.90 Å². The van der Waals surface area contributed by atoms with Gasteiger partial charge in [0.1, 0.15) is 0 Å². The van der Waals surface area contributed by atoms with Crippen LogP contribution in [0.5, 0.6) is 0 Å². The topological polar surface area (TPSA) is 40.6 Å². The van der Waals surface area contributed by atoms with Gasteiger partial charge in [-0.25, -0.2) is 8.42 Å². The molecule has 0 radical (unpaired) electrons. The van der Waals surface area contributed by atoms with Crippen molar-refractivity contribution in [2.75, 3.05) is 37.0 Å². The van der Waals surface area contributed by atoms with Crippen molar-refractivity contribution in [2.24, 2.45) is 0 Å². The Labute approximate surface area is 123 Å². The molecular weight excluding hydrogens is 272 g/mol. The molecule has 0 aromatic heterocycles. The van der Waals surface area contributed by atoms with Gasteiger partial charge in [-0.3, -0.25) is 4.90 Å². The number of rotatable bonds is 3. The number of benzene rings is 1. The highest BCUT2D eigenvalue weighted by molar-refractivity contribution is 7.72. The Kier molecular flexibility index (Phi) is 4.70. The van der Waals surface area contributed by atoms with Gasteiger partial charge in [0, 0.05) is 31.9 Å². The Morgan fingerprint density at radius 3 is 2.00 bits per heavy atom. The van der Waals surface area contributed by atoms with E-state index in [2.05, 4.69) is 49.9 Å². The van der Waals surface area contributed by atoms with E-state index >= 15 is 0 Å². The summed E-state index contributed by atoms with van der Waals surface area (Å²) in [5, 5.41) is 0. The van der Waals surface area contributed by atoms with Gasteiger partial charge in [0.25, 0.3) is 0 Å². The van der Waals surface area contributed by atoms with Gasteiger partial charge in [-0.2, -0.15) is 0 Å². The number of piperazine rings is 1. The summed E-state index contributed by atoms with van der Waals surface area (Å²) in [4.78, 5) is 4.31. The minimum absolute atomic E-state index is 0.177. The third kappa shape index (κ3) is 3.96. The third-order valence-electron chi connectivity index (χ3n) is 3.79. The zero-order chi connectivity index (χ0) is 14.8. The van der Waals surface area contributed by atoms with Gasteiger partial charge in [0.05, 0.1) is 5.88 Å². The second-order valence-electron chi connectivity index (χ2n) is 6.38. The minimum atomic E-state index is -2.30. The molecule has 1 fully saturated rings. The van der Waals surface area contributed by atoms with Gasteiger partial charge < -0.3 is 4.90 Å². The Balaban J connectivity index is 1.97. The average Bonchev–Trinajstić information content (AvgIpc) is 2.38. The summed E-state index contributed by atoms with van der Waals surface area (Å²) in [6.07, 6.45) is 0. The average molecular weight is 296 g/mol. The fourth-order valence-corrected chi connectivity index (χ4v) is 3.09. The van der Waals surface area contributed by atoms with Crippen molar-refractivity contribution in [3.8, 4) is 0 Å². The van der Waals surface area contributed by atoms with E-state index in [9.17, 15) is 8.42 Å². The second kappa shape index (κ2) is 6.14. The summed E-state index contributed by atoms with van der Waals surface area (Å²) in [6.45, 7) is 10.0. The first-order chi connectivity index (χ1) is 9.36. The monoisotopic (exact) mass is 296 g/mol. The molecule has 5 heteroatoms. The van der Waals surface area contributed by atoms with Gasteiger partial charge in [0.2, 0.25) is 0 Å². The molecule has 0 bridgehead atoms. The summed E-state index contributed by atoms with van der Waals surface area (Å²) in [5.41, 5.74) is 2.74. The molecule has 0 spiro atoms. The van der Waals surface area contributed by atoms with Gasteiger partial charge in [-0.05, 0) is 23.1 Å². The molecule has 1 aromatic carbocycles. The highest BCUT2D eigenvalue weighted by atomic mass is 32.2. The zero-order valence-corrected chi connectivity index (χ0v) is 13.4. The van der Waals surface area contributed by atoms with Crippen LogP contribution in [0.1, 0.15) is 26.3 Å². The lowest BCUT2D eigenvalue weighted by Crippen LogP contribution is -2.46. The minimum Gasteiger partial charge on any atom is -0.369 e. The lowest BCUT2D eigenvalue weighted by atomic mass is 9.87. The predicted molar refractivity (Wildman–Crippen MR) is 84.1 cm³/mol. The van der Waals surface area contributed by atoms with Crippen LogP contribution in [0.2, 0.25) is 0 Å². The number of nitrogens with zero attached hydrogens (tertiary/aromatic N) is 2. The predicted octanol–water partition coefficient (Wildman–Crippen LogP) is 1.68. The third-order valence-corrected chi connectivity index (χ3v) is 4.42. The van der Waals surface area contributed by atoms with Crippen molar-refractivity contribution in [3.63, 3.8) is 0 Å². The van der Waals surface area contributed by atoms with E-state index in [1.165, 1.54) is 11.3 Å². The van der Waals surface area contributed by atoms with Gasteiger partial charge in [-0.15, -0.1) is 0 Å². The number of hydrogen-bond donors (Lipinski definition) is 1. The first-order valence-electron chi connectivity index (χ1n) is 7.06. The van der Waals surface area contributed by atoms with Crippen molar-refractivity contribution in [1.29, 1.82) is 0 Å². The molecular formula is C15H24N2O2S. The Hall–Kier alpha value is -1.07. The van der Waals surface area contributed by atoms with Crippen molar-refractivity contribution < 1.29 is 8.42 Å². The van der Waals surface area contributed by atoms with E-state index in [1.54, 1.807) is 0 Å². The lowest BCUT2D eigenvalue weighted by Gasteiger charge is -2.35. The molecule has 2 rings (SSSR count). The maximum absolute atomic E-state index is 10.7. The van der Waals surface area contributed by atoms with Crippen LogP contribution >= 0.6 is 0 Å². The van der Waals surface area contributed by atoms with Crippen molar-refractivity contribution in [3.05, 3.63) is 29.8 Å². The maximum atomic E-state index is 10.7. The first-order valence-corrected chi connectivity index (χ1v) is 8.42. The quantitative estimate of drug-likeness (QED) is 0.862. The lowest BCUT2D eigenvalue weighted by molar-refractivity contribution is 0.296. The fraction of sp³-hybridized carbons (Fsp3) is 0.600. The van der Waals surface area contributed by atoms with Crippen molar-refractivity contribution in [1.82, 2.24) is 4.90 Å². The van der Waals surface area contributed by atoms with Crippen LogP contribution in [0.3, 0.4) is 0 Å². The number of hydrogen-bond acceptors (Lipinski definition) is 4. The van der Waals surface area contributed by atoms with Crippen LogP contribution in [0.25, 0.3) is 0 Å². The molecule has 1 aromatic rings. The van der Waals surface area contributed by atoms with Gasteiger partial charge in [0.15, 0.2) is 10.7 Å². The highest BCUT2D eigenvalue weighted by Gasteiger charge is 2.18. The van der Waals surface area contributed by atoms with Gasteiger partial charge >= 0.3 is 0 Å². The molecule has 112 valence electrons. The second-order valence-corrected chi connectivity index (χ2v) is 7.32. The summed E-state index contributed by atoms with van der Waals surface area (Å²) < 4.78 is 21.5. The summed E-state index contributed by atoms with van der Waals surface area (Å²) in [5.74, 6) is 0.187. The molecule has 0 amide bonds. The molecule has 0 atom stereocenters. The number of thiol groups is 1. The van der Waals surface area contributed by atoms with E-state index in [-0.39, 0.29) is 11.3 Å². The highest BCUT2D eigenvalue weighted by Crippen LogP contribution is 2.25. The molecule has 1 aliphatic rings. The molecule has 0 unspecified atom stereocenters. The van der Waals surface area contributed by atoms with Crippen LogP contribution in [0, 0.1) is 0 Å².